The van der Waals surface area contributed by atoms with Gasteiger partial charge in [0.2, 0.25) is 0 Å². The lowest BCUT2D eigenvalue weighted by molar-refractivity contribution is 0.0696. The molecule has 1 aromatic carbocycles. The van der Waals surface area contributed by atoms with Gasteiger partial charge in [0.1, 0.15) is 12.1 Å². The third-order valence-corrected chi connectivity index (χ3v) is 3.01. The fourth-order valence-electron chi connectivity index (χ4n) is 1.89. The maximum Gasteiger partial charge on any atom is 0.335 e. The van der Waals surface area contributed by atoms with Crippen LogP contribution in [-0.2, 0) is 0 Å². The summed E-state index contributed by atoms with van der Waals surface area (Å²) in [4.78, 5) is 19.3. The summed E-state index contributed by atoms with van der Waals surface area (Å²) in [6.07, 6.45) is 1.52. The minimum atomic E-state index is -0.918. The number of aromatic carboxylic acids is 1. The molecule has 2 aromatic rings. The molecule has 104 valence electrons. The molecule has 1 heterocycles. The molecule has 0 aliphatic carbocycles. The van der Waals surface area contributed by atoms with Crippen LogP contribution in [0.4, 0.5) is 11.5 Å². The third kappa shape index (κ3) is 3.12. The van der Waals surface area contributed by atoms with Gasteiger partial charge in [-0.15, -0.1) is 0 Å². The monoisotopic (exact) mass is 271 g/mol. The van der Waals surface area contributed by atoms with Crippen molar-refractivity contribution in [1.82, 2.24) is 9.97 Å². The Hall–Kier alpha value is -2.43. The van der Waals surface area contributed by atoms with Gasteiger partial charge in [-0.1, -0.05) is 13.8 Å². The predicted molar refractivity (Wildman–Crippen MR) is 77.5 cm³/mol. The van der Waals surface area contributed by atoms with Crippen molar-refractivity contribution < 1.29 is 9.90 Å². The van der Waals surface area contributed by atoms with Crippen LogP contribution < -0.4 is 5.32 Å². The molecule has 1 aromatic heterocycles. The summed E-state index contributed by atoms with van der Waals surface area (Å²) in [6.45, 7) is 5.91. The van der Waals surface area contributed by atoms with E-state index in [1.54, 1.807) is 25.1 Å². The summed E-state index contributed by atoms with van der Waals surface area (Å²) in [5.41, 5.74) is 2.78. The van der Waals surface area contributed by atoms with Gasteiger partial charge in [0.15, 0.2) is 0 Å². The lowest BCUT2D eigenvalue weighted by atomic mass is 10.1. The van der Waals surface area contributed by atoms with E-state index in [1.165, 1.54) is 6.33 Å². The maximum absolute atomic E-state index is 11.0. The number of nitrogens with zero attached hydrogens (tertiary/aromatic N) is 2. The standard InChI is InChI=1S/C15H17N3O2/c1-9(2)13-7-14(17-8-16-13)18-11-4-5-12(15(19)20)10(3)6-11/h4-9H,1-3H3,(H,19,20)(H,16,17,18). The van der Waals surface area contributed by atoms with Gasteiger partial charge in [0.05, 0.1) is 5.56 Å². The van der Waals surface area contributed by atoms with Crippen LogP contribution in [0.2, 0.25) is 0 Å². The highest BCUT2D eigenvalue weighted by Gasteiger charge is 2.08. The van der Waals surface area contributed by atoms with Crippen LogP contribution in [0.15, 0.2) is 30.6 Å². The molecule has 0 aliphatic heterocycles. The van der Waals surface area contributed by atoms with E-state index in [2.05, 4.69) is 29.1 Å². The first-order chi connectivity index (χ1) is 9.47. The molecule has 0 amide bonds. The number of benzene rings is 1. The van der Waals surface area contributed by atoms with Gasteiger partial charge in [-0.2, -0.15) is 0 Å². The van der Waals surface area contributed by atoms with E-state index in [-0.39, 0.29) is 0 Å². The van der Waals surface area contributed by atoms with E-state index >= 15 is 0 Å². The van der Waals surface area contributed by atoms with Gasteiger partial charge >= 0.3 is 5.97 Å². The van der Waals surface area contributed by atoms with E-state index < -0.39 is 5.97 Å². The van der Waals surface area contributed by atoms with Crippen molar-refractivity contribution >= 4 is 17.5 Å². The van der Waals surface area contributed by atoms with Crippen LogP contribution in [0.5, 0.6) is 0 Å². The number of hydrogen-bond acceptors (Lipinski definition) is 4. The van der Waals surface area contributed by atoms with E-state index in [4.69, 9.17) is 5.11 Å². The van der Waals surface area contributed by atoms with Gasteiger partial charge in [-0.25, -0.2) is 14.8 Å². The zero-order chi connectivity index (χ0) is 14.7. The number of carbonyl (C=O) groups is 1. The molecule has 0 aliphatic rings. The highest BCUT2D eigenvalue weighted by atomic mass is 16.4. The summed E-state index contributed by atoms with van der Waals surface area (Å²) in [5, 5.41) is 12.2. The Morgan fingerprint density at radius 2 is 2.00 bits per heavy atom. The van der Waals surface area contributed by atoms with Crippen LogP contribution >= 0.6 is 0 Å². The van der Waals surface area contributed by atoms with Crippen molar-refractivity contribution in [3.8, 4) is 0 Å². The molecular formula is C15H17N3O2. The molecule has 2 N–H and O–H groups in total. The summed E-state index contributed by atoms with van der Waals surface area (Å²) in [6, 6.07) is 7.00. The first-order valence-electron chi connectivity index (χ1n) is 6.40. The number of anilines is 2. The molecule has 20 heavy (non-hydrogen) atoms. The van der Waals surface area contributed by atoms with Crippen LogP contribution in [0.25, 0.3) is 0 Å². The average Bonchev–Trinajstić information content (AvgIpc) is 2.38. The lowest BCUT2D eigenvalue weighted by Crippen LogP contribution is -2.02. The minimum Gasteiger partial charge on any atom is -0.478 e. The molecule has 5 heteroatoms. The zero-order valence-corrected chi connectivity index (χ0v) is 11.7. The molecular weight excluding hydrogens is 254 g/mol. The van der Waals surface area contributed by atoms with Crippen LogP contribution in [-0.4, -0.2) is 21.0 Å². The smallest absolute Gasteiger partial charge is 0.335 e. The van der Waals surface area contributed by atoms with Crippen molar-refractivity contribution in [2.75, 3.05) is 5.32 Å². The average molecular weight is 271 g/mol. The lowest BCUT2D eigenvalue weighted by Gasteiger charge is -2.10. The first-order valence-corrected chi connectivity index (χ1v) is 6.40. The van der Waals surface area contributed by atoms with E-state index in [0.717, 1.165) is 11.4 Å². The normalized spacial score (nSPS) is 10.6. The SMILES string of the molecule is Cc1cc(Nc2cc(C(C)C)ncn2)ccc1C(=O)O. The second-order valence-corrected chi connectivity index (χ2v) is 4.94. The number of hydrogen-bond donors (Lipinski definition) is 2. The zero-order valence-electron chi connectivity index (χ0n) is 11.7. The quantitative estimate of drug-likeness (QED) is 0.891. The second-order valence-electron chi connectivity index (χ2n) is 4.94. The summed E-state index contributed by atoms with van der Waals surface area (Å²) < 4.78 is 0. The van der Waals surface area contributed by atoms with Crippen LogP contribution in [0.1, 0.15) is 41.4 Å². The Labute approximate surface area is 117 Å². The molecule has 0 spiro atoms. The van der Waals surface area contributed by atoms with Crippen LogP contribution in [0, 0.1) is 6.92 Å². The highest BCUT2D eigenvalue weighted by Crippen LogP contribution is 2.20. The Morgan fingerprint density at radius 3 is 2.60 bits per heavy atom. The van der Waals surface area contributed by atoms with Crippen molar-refractivity contribution in [3.05, 3.63) is 47.4 Å². The Kier molecular flexibility index (Phi) is 3.98. The highest BCUT2D eigenvalue weighted by molar-refractivity contribution is 5.90. The number of carboxylic acids is 1. The summed E-state index contributed by atoms with van der Waals surface area (Å²) in [7, 11) is 0. The second kappa shape index (κ2) is 5.69. The van der Waals surface area contributed by atoms with E-state index in [0.29, 0.717) is 22.9 Å². The Bertz CT molecular complexity index is 639. The molecule has 0 saturated carbocycles. The molecule has 0 unspecified atom stereocenters. The molecule has 0 bridgehead atoms. The van der Waals surface area contributed by atoms with Crippen molar-refractivity contribution in [2.24, 2.45) is 0 Å². The van der Waals surface area contributed by atoms with Gasteiger partial charge in [-0.05, 0) is 36.6 Å². The molecule has 0 saturated heterocycles. The third-order valence-electron chi connectivity index (χ3n) is 3.01. The molecule has 0 fully saturated rings. The molecule has 5 nitrogen and oxygen atoms in total. The Morgan fingerprint density at radius 1 is 1.25 bits per heavy atom. The topological polar surface area (TPSA) is 75.1 Å². The van der Waals surface area contributed by atoms with Gasteiger partial charge < -0.3 is 10.4 Å². The number of aryl methyl sites for hydroxylation is 1. The number of nitrogens with one attached hydrogen (secondary N) is 1. The summed E-state index contributed by atoms with van der Waals surface area (Å²) in [5.74, 6) is 0.110. The molecule has 0 radical (unpaired) electrons. The van der Waals surface area contributed by atoms with Gasteiger partial charge in [-0.3, -0.25) is 0 Å². The van der Waals surface area contributed by atoms with Crippen molar-refractivity contribution in [3.63, 3.8) is 0 Å². The van der Waals surface area contributed by atoms with Crippen molar-refractivity contribution in [1.29, 1.82) is 0 Å². The summed E-state index contributed by atoms with van der Waals surface area (Å²) >= 11 is 0. The fraction of sp³-hybridized carbons (Fsp3) is 0.267. The maximum atomic E-state index is 11.0. The molecule has 2 rings (SSSR count). The fourth-order valence-corrected chi connectivity index (χ4v) is 1.89. The van der Waals surface area contributed by atoms with Crippen LogP contribution in [0.3, 0.4) is 0 Å². The van der Waals surface area contributed by atoms with E-state index in [9.17, 15) is 4.79 Å². The number of aromatic nitrogens is 2. The predicted octanol–water partition coefficient (Wildman–Crippen LogP) is 3.35. The first kappa shape index (κ1) is 14.0. The van der Waals surface area contributed by atoms with Crippen molar-refractivity contribution in [2.45, 2.75) is 26.7 Å². The Balaban J connectivity index is 2.24. The van der Waals surface area contributed by atoms with E-state index in [1.807, 2.05) is 6.07 Å². The van der Waals surface area contributed by atoms with Gasteiger partial charge in [0, 0.05) is 17.4 Å². The minimum absolute atomic E-state index is 0.307. The van der Waals surface area contributed by atoms with Gasteiger partial charge in [0.25, 0.3) is 0 Å². The molecule has 0 atom stereocenters. The number of carboxylic acid groups (broad SMARTS) is 1. The largest absolute Gasteiger partial charge is 0.478 e. The number of rotatable bonds is 4.